The minimum Gasteiger partial charge on any atom is -0.444 e. The summed E-state index contributed by atoms with van der Waals surface area (Å²) in [4.78, 5) is 13.3. The Labute approximate surface area is 121 Å². The van der Waals surface area contributed by atoms with Crippen LogP contribution in [0, 0.1) is 0 Å². The van der Waals surface area contributed by atoms with Crippen LogP contribution in [-0.2, 0) is 14.6 Å². The van der Waals surface area contributed by atoms with Crippen LogP contribution in [0.4, 0.5) is 4.79 Å². The van der Waals surface area contributed by atoms with E-state index in [9.17, 15) is 13.2 Å². The summed E-state index contributed by atoms with van der Waals surface area (Å²) < 4.78 is 27.4. The molecule has 8 heteroatoms. The van der Waals surface area contributed by atoms with Crippen LogP contribution in [0.3, 0.4) is 0 Å². The summed E-state index contributed by atoms with van der Waals surface area (Å²) >= 11 is 0. The van der Waals surface area contributed by atoms with Crippen LogP contribution in [0.15, 0.2) is 0 Å². The highest BCUT2D eigenvalue weighted by molar-refractivity contribution is 7.90. The number of ether oxygens (including phenoxy) is 1. The van der Waals surface area contributed by atoms with Crippen molar-refractivity contribution < 1.29 is 17.9 Å². The normalized spacial score (nSPS) is 14.2. The van der Waals surface area contributed by atoms with E-state index in [0.717, 1.165) is 0 Å². The second-order valence-corrected chi connectivity index (χ2v) is 8.14. The summed E-state index contributed by atoms with van der Waals surface area (Å²) in [5.74, 6) is 0.0619. The quantitative estimate of drug-likeness (QED) is 0.676. The topological polar surface area (TPSA) is 102 Å². The van der Waals surface area contributed by atoms with E-state index in [-0.39, 0.29) is 11.8 Å². The molecule has 120 valence electrons. The van der Waals surface area contributed by atoms with E-state index >= 15 is 0 Å². The third-order valence-corrected chi connectivity index (χ3v) is 3.52. The molecule has 0 saturated heterocycles. The van der Waals surface area contributed by atoms with Crippen molar-refractivity contribution >= 4 is 15.9 Å². The summed E-state index contributed by atoms with van der Waals surface area (Å²) in [7, 11) is -1.23. The summed E-state index contributed by atoms with van der Waals surface area (Å²) in [6.07, 6.45) is 0.685. The molecule has 0 aliphatic heterocycles. The molecule has 0 heterocycles. The zero-order valence-corrected chi connectivity index (χ0v) is 13.8. The Morgan fingerprint density at radius 2 is 1.95 bits per heavy atom. The lowest BCUT2D eigenvalue weighted by Gasteiger charge is -2.27. The number of carbonyl (C=O) groups is 1. The Hall–Kier alpha value is -0.860. The number of hydrogen-bond donors (Lipinski definition) is 2. The van der Waals surface area contributed by atoms with Gasteiger partial charge in [0, 0.05) is 31.9 Å². The van der Waals surface area contributed by atoms with E-state index in [4.69, 9.17) is 10.5 Å². The molecule has 0 aromatic heterocycles. The van der Waals surface area contributed by atoms with Crippen LogP contribution < -0.4 is 11.1 Å². The highest BCUT2D eigenvalue weighted by atomic mass is 32.2. The third kappa shape index (κ3) is 9.99. The predicted molar refractivity (Wildman–Crippen MR) is 79.4 cm³/mol. The molecule has 0 fully saturated rings. The molecule has 0 radical (unpaired) electrons. The molecule has 0 aromatic carbocycles. The molecule has 0 spiro atoms. The maximum Gasteiger partial charge on any atom is 0.407 e. The van der Waals surface area contributed by atoms with Crippen molar-refractivity contribution in [2.75, 3.05) is 38.7 Å². The number of nitrogens with two attached hydrogens (primary N) is 1. The van der Waals surface area contributed by atoms with Gasteiger partial charge in [-0.05, 0) is 27.8 Å². The van der Waals surface area contributed by atoms with Gasteiger partial charge in [-0.25, -0.2) is 13.2 Å². The third-order valence-electron chi connectivity index (χ3n) is 2.59. The first-order valence-corrected chi connectivity index (χ1v) is 8.55. The molecule has 3 N–H and O–H groups in total. The standard InChI is InChI=1S/C12H27N3O4S/c1-12(2,3)19-11(16)14-9-10(8-13)15(4)6-7-20(5,17)18/h10H,6-9,13H2,1-5H3,(H,14,16). The summed E-state index contributed by atoms with van der Waals surface area (Å²) in [6, 6.07) is -0.135. The Bertz CT molecular complexity index is 403. The molecule has 1 amide bonds. The van der Waals surface area contributed by atoms with Gasteiger partial charge in [0.1, 0.15) is 15.4 Å². The molecule has 0 bridgehead atoms. The van der Waals surface area contributed by atoms with E-state index in [1.54, 1.807) is 27.8 Å². The van der Waals surface area contributed by atoms with Crippen LogP contribution in [0.1, 0.15) is 20.8 Å². The second-order valence-electron chi connectivity index (χ2n) is 5.88. The first-order valence-electron chi connectivity index (χ1n) is 6.49. The van der Waals surface area contributed by atoms with Crippen molar-refractivity contribution in [1.29, 1.82) is 0 Å². The van der Waals surface area contributed by atoms with Crippen molar-refractivity contribution in [1.82, 2.24) is 10.2 Å². The lowest BCUT2D eigenvalue weighted by molar-refractivity contribution is 0.0513. The van der Waals surface area contributed by atoms with Gasteiger partial charge in [-0.15, -0.1) is 0 Å². The minimum absolute atomic E-state index is 0.0619. The molecular formula is C12H27N3O4S. The first kappa shape index (κ1) is 19.1. The molecule has 7 nitrogen and oxygen atoms in total. The molecule has 0 saturated carbocycles. The number of rotatable bonds is 7. The number of alkyl carbamates (subject to hydrolysis) is 1. The summed E-state index contributed by atoms with van der Waals surface area (Å²) in [6.45, 7) is 6.35. The maximum absolute atomic E-state index is 11.5. The predicted octanol–water partition coefficient (Wildman–Crippen LogP) is -0.185. The Morgan fingerprint density at radius 3 is 2.35 bits per heavy atom. The van der Waals surface area contributed by atoms with Gasteiger partial charge in [0.25, 0.3) is 0 Å². The number of nitrogens with zero attached hydrogens (tertiary/aromatic N) is 1. The van der Waals surface area contributed by atoms with E-state index < -0.39 is 21.5 Å². The molecular weight excluding hydrogens is 282 g/mol. The number of hydrogen-bond acceptors (Lipinski definition) is 6. The van der Waals surface area contributed by atoms with Gasteiger partial charge >= 0.3 is 6.09 Å². The van der Waals surface area contributed by atoms with Crippen LogP contribution in [0.2, 0.25) is 0 Å². The van der Waals surface area contributed by atoms with E-state index in [2.05, 4.69) is 5.32 Å². The highest BCUT2D eigenvalue weighted by Gasteiger charge is 2.19. The number of sulfone groups is 1. The highest BCUT2D eigenvalue weighted by Crippen LogP contribution is 2.06. The van der Waals surface area contributed by atoms with Gasteiger partial charge in [0.2, 0.25) is 0 Å². The largest absolute Gasteiger partial charge is 0.444 e. The molecule has 0 aliphatic carbocycles. The van der Waals surface area contributed by atoms with Crippen molar-refractivity contribution in [3.63, 3.8) is 0 Å². The monoisotopic (exact) mass is 309 g/mol. The molecule has 1 atom stereocenters. The molecule has 20 heavy (non-hydrogen) atoms. The first-order chi connectivity index (χ1) is 8.94. The SMILES string of the molecule is CN(CCS(C)(=O)=O)C(CN)CNC(=O)OC(C)(C)C. The zero-order chi connectivity index (χ0) is 16.0. The van der Waals surface area contributed by atoms with Crippen molar-refractivity contribution in [2.45, 2.75) is 32.4 Å². The zero-order valence-electron chi connectivity index (χ0n) is 13.0. The molecule has 0 aliphatic rings. The smallest absolute Gasteiger partial charge is 0.407 e. The van der Waals surface area contributed by atoms with E-state index in [1.165, 1.54) is 6.26 Å². The molecule has 0 rings (SSSR count). The summed E-state index contributed by atoms with van der Waals surface area (Å²) in [5.41, 5.74) is 5.09. The maximum atomic E-state index is 11.5. The minimum atomic E-state index is -3.01. The second kappa shape index (κ2) is 7.80. The number of carbonyl (C=O) groups excluding carboxylic acids is 1. The fourth-order valence-corrected chi connectivity index (χ4v) is 2.05. The number of nitrogens with one attached hydrogen (secondary N) is 1. The van der Waals surface area contributed by atoms with Gasteiger partial charge in [-0.1, -0.05) is 0 Å². The van der Waals surface area contributed by atoms with Gasteiger partial charge in [-0.3, -0.25) is 4.90 Å². The fourth-order valence-electron chi connectivity index (χ4n) is 1.43. The number of likely N-dealkylation sites (N-methyl/N-ethyl adjacent to an activating group) is 1. The average molecular weight is 309 g/mol. The van der Waals surface area contributed by atoms with Gasteiger partial charge < -0.3 is 15.8 Å². The number of amides is 1. The van der Waals surface area contributed by atoms with Crippen LogP contribution in [0.5, 0.6) is 0 Å². The Balaban J connectivity index is 4.24. The van der Waals surface area contributed by atoms with Crippen LogP contribution >= 0.6 is 0 Å². The van der Waals surface area contributed by atoms with Gasteiger partial charge in [-0.2, -0.15) is 0 Å². The Morgan fingerprint density at radius 1 is 1.40 bits per heavy atom. The van der Waals surface area contributed by atoms with Gasteiger partial charge in [0.15, 0.2) is 0 Å². The van der Waals surface area contributed by atoms with Crippen molar-refractivity contribution in [3.8, 4) is 0 Å². The lowest BCUT2D eigenvalue weighted by atomic mass is 10.2. The van der Waals surface area contributed by atoms with E-state index in [0.29, 0.717) is 19.6 Å². The molecule has 0 aromatic rings. The summed E-state index contributed by atoms with van der Waals surface area (Å²) in [5, 5.41) is 2.64. The van der Waals surface area contributed by atoms with Gasteiger partial charge in [0.05, 0.1) is 5.75 Å². The van der Waals surface area contributed by atoms with Crippen molar-refractivity contribution in [3.05, 3.63) is 0 Å². The van der Waals surface area contributed by atoms with Crippen LogP contribution in [-0.4, -0.2) is 69.7 Å². The average Bonchev–Trinajstić information content (AvgIpc) is 2.23. The Kier molecular flexibility index (Phi) is 7.46. The van der Waals surface area contributed by atoms with Crippen LogP contribution in [0.25, 0.3) is 0 Å². The van der Waals surface area contributed by atoms with Crippen molar-refractivity contribution in [2.24, 2.45) is 5.73 Å². The van der Waals surface area contributed by atoms with E-state index in [1.807, 2.05) is 4.90 Å². The molecule has 1 unspecified atom stereocenters. The lowest BCUT2D eigenvalue weighted by Crippen LogP contribution is -2.48. The fraction of sp³-hybridized carbons (Fsp3) is 0.917.